The van der Waals surface area contributed by atoms with Gasteiger partial charge in [0.15, 0.2) is 17.3 Å². The molecule has 0 radical (unpaired) electrons. The molecule has 2 aromatic carbocycles. The number of halogens is 1. The van der Waals surface area contributed by atoms with Crippen molar-refractivity contribution in [2.75, 3.05) is 20.2 Å². The Kier molecular flexibility index (Phi) is 7.02. The monoisotopic (exact) mass is 479 g/mol. The van der Waals surface area contributed by atoms with E-state index in [-0.39, 0.29) is 22.8 Å². The van der Waals surface area contributed by atoms with Crippen LogP contribution in [0.4, 0.5) is 4.39 Å². The van der Waals surface area contributed by atoms with E-state index >= 15 is 0 Å². The van der Waals surface area contributed by atoms with E-state index in [0.717, 1.165) is 0 Å². The second kappa shape index (κ2) is 10.3. The third-order valence-corrected chi connectivity index (χ3v) is 5.59. The Balaban J connectivity index is 1.43. The number of ether oxygens (including phenoxy) is 2. The van der Waals surface area contributed by atoms with Gasteiger partial charge in [-0.15, -0.1) is 0 Å². The Morgan fingerprint density at radius 3 is 2.37 bits per heavy atom. The Labute approximate surface area is 199 Å². The molecule has 1 aromatic heterocycles. The molecule has 0 bridgehead atoms. The number of benzene rings is 2. The predicted octanol–water partition coefficient (Wildman–Crippen LogP) is 2.09. The highest BCUT2D eigenvalue weighted by Crippen LogP contribution is 2.30. The zero-order chi connectivity index (χ0) is 24.9. The summed E-state index contributed by atoms with van der Waals surface area (Å²) >= 11 is 0. The minimum atomic E-state index is -0.977. The molecule has 1 aliphatic rings. The van der Waals surface area contributed by atoms with E-state index in [0.29, 0.717) is 18.7 Å². The van der Waals surface area contributed by atoms with E-state index < -0.39 is 41.0 Å². The molecule has 1 fully saturated rings. The van der Waals surface area contributed by atoms with Crippen LogP contribution in [-0.2, 0) is 4.74 Å². The number of hydrogen-bond donors (Lipinski definition) is 3. The molecule has 180 valence electrons. The number of esters is 1. The zero-order valence-corrected chi connectivity index (χ0v) is 18.7. The summed E-state index contributed by atoms with van der Waals surface area (Å²) in [4.78, 5) is 41.7. The molecule has 3 N–H and O–H groups in total. The standard InChI is InChI=1S/C25H22FN3O6/c1-34-19-7-6-18(30)21(22(19)26)23(31)14-2-4-16(5-3-14)25(33)35-20-13-28-12-17(20)29-24(32)15-8-10-27-11-9-15/h2-11,17,20,28,30H,12-13H2,1H3,(H,29,32)/t17-,20-/m1/s1. The van der Waals surface area contributed by atoms with E-state index in [1.807, 2.05) is 0 Å². The van der Waals surface area contributed by atoms with Crippen LogP contribution in [0.15, 0.2) is 60.9 Å². The average Bonchev–Trinajstić information content (AvgIpc) is 3.30. The molecule has 3 aromatic rings. The van der Waals surface area contributed by atoms with Crippen LogP contribution in [0.5, 0.6) is 11.5 Å². The van der Waals surface area contributed by atoms with Crippen molar-refractivity contribution in [2.24, 2.45) is 0 Å². The maximum Gasteiger partial charge on any atom is 0.338 e. The number of phenols is 1. The molecular formula is C25H22FN3O6. The van der Waals surface area contributed by atoms with Gasteiger partial charge in [-0.2, -0.15) is 0 Å². The first kappa shape index (κ1) is 23.8. The van der Waals surface area contributed by atoms with Gasteiger partial charge in [-0.3, -0.25) is 14.6 Å². The predicted molar refractivity (Wildman–Crippen MR) is 122 cm³/mol. The Morgan fingerprint density at radius 2 is 1.69 bits per heavy atom. The summed E-state index contributed by atoms with van der Waals surface area (Å²) in [5.41, 5.74) is 0.150. The topological polar surface area (TPSA) is 127 Å². The van der Waals surface area contributed by atoms with E-state index in [2.05, 4.69) is 15.6 Å². The first-order valence-corrected chi connectivity index (χ1v) is 10.7. The maximum atomic E-state index is 14.5. The van der Waals surface area contributed by atoms with E-state index in [1.165, 1.54) is 55.9 Å². The second-order valence-electron chi connectivity index (χ2n) is 7.80. The quantitative estimate of drug-likeness (QED) is 0.347. The van der Waals surface area contributed by atoms with Gasteiger partial charge in [-0.1, -0.05) is 12.1 Å². The highest BCUT2D eigenvalue weighted by molar-refractivity contribution is 6.11. The SMILES string of the molecule is COc1ccc(O)c(C(=O)c2ccc(C(=O)O[C@@H]3CNC[C@H]3NC(=O)c3ccncc3)cc2)c1F. The highest BCUT2D eigenvalue weighted by atomic mass is 19.1. The molecular weight excluding hydrogens is 457 g/mol. The van der Waals surface area contributed by atoms with Crippen molar-refractivity contribution in [1.82, 2.24) is 15.6 Å². The van der Waals surface area contributed by atoms with Gasteiger partial charge in [-0.25, -0.2) is 9.18 Å². The molecule has 4 rings (SSSR count). The number of aromatic hydroxyl groups is 1. The first-order chi connectivity index (χ1) is 16.9. The summed E-state index contributed by atoms with van der Waals surface area (Å²) in [5, 5.41) is 15.9. The van der Waals surface area contributed by atoms with Crippen LogP contribution >= 0.6 is 0 Å². The average molecular weight is 479 g/mol. The minimum absolute atomic E-state index is 0.0639. The van der Waals surface area contributed by atoms with Crippen LogP contribution in [-0.4, -0.2) is 60.1 Å². The van der Waals surface area contributed by atoms with Crippen molar-refractivity contribution in [3.8, 4) is 11.5 Å². The lowest BCUT2D eigenvalue weighted by Crippen LogP contribution is -2.44. The van der Waals surface area contributed by atoms with E-state index in [4.69, 9.17) is 9.47 Å². The normalized spacial score (nSPS) is 17.0. The fourth-order valence-electron chi connectivity index (χ4n) is 3.71. The number of carbonyl (C=O) groups is 3. The lowest BCUT2D eigenvalue weighted by atomic mass is 10.0. The van der Waals surface area contributed by atoms with Gasteiger partial charge in [0.1, 0.15) is 17.4 Å². The molecule has 2 atom stereocenters. The van der Waals surface area contributed by atoms with E-state index in [1.54, 1.807) is 12.1 Å². The highest BCUT2D eigenvalue weighted by Gasteiger charge is 2.32. The van der Waals surface area contributed by atoms with Gasteiger partial charge in [0.2, 0.25) is 0 Å². The molecule has 1 amide bonds. The van der Waals surface area contributed by atoms with Crippen LogP contribution in [0.1, 0.15) is 36.6 Å². The van der Waals surface area contributed by atoms with Crippen molar-refractivity contribution in [3.05, 3.63) is 89.0 Å². The number of aromatic nitrogens is 1. The Hall–Kier alpha value is -4.31. The fourth-order valence-corrected chi connectivity index (χ4v) is 3.71. The zero-order valence-electron chi connectivity index (χ0n) is 18.7. The summed E-state index contributed by atoms with van der Waals surface area (Å²) < 4.78 is 25.0. The molecule has 9 nitrogen and oxygen atoms in total. The van der Waals surface area contributed by atoms with Gasteiger partial charge in [-0.05, 0) is 36.4 Å². The van der Waals surface area contributed by atoms with Crippen molar-refractivity contribution >= 4 is 17.7 Å². The van der Waals surface area contributed by atoms with Gasteiger partial charge in [0.25, 0.3) is 5.91 Å². The van der Waals surface area contributed by atoms with Gasteiger partial charge >= 0.3 is 5.97 Å². The van der Waals surface area contributed by atoms with Crippen LogP contribution in [0.25, 0.3) is 0 Å². The van der Waals surface area contributed by atoms with Gasteiger partial charge in [0, 0.05) is 36.6 Å². The lowest BCUT2D eigenvalue weighted by molar-refractivity contribution is 0.0283. The van der Waals surface area contributed by atoms with Gasteiger partial charge in [0.05, 0.1) is 18.7 Å². The molecule has 35 heavy (non-hydrogen) atoms. The molecule has 0 aliphatic carbocycles. The molecule has 0 unspecified atom stereocenters. The lowest BCUT2D eigenvalue weighted by Gasteiger charge is -2.20. The number of carbonyl (C=O) groups excluding carboxylic acids is 3. The van der Waals surface area contributed by atoms with Crippen LogP contribution < -0.4 is 15.4 Å². The van der Waals surface area contributed by atoms with Crippen LogP contribution in [0.3, 0.4) is 0 Å². The van der Waals surface area contributed by atoms with E-state index in [9.17, 15) is 23.9 Å². The number of rotatable bonds is 7. The number of amides is 1. The van der Waals surface area contributed by atoms with Gasteiger partial charge < -0.3 is 25.2 Å². The third-order valence-electron chi connectivity index (χ3n) is 5.59. The van der Waals surface area contributed by atoms with Crippen molar-refractivity contribution in [3.63, 3.8) is 0 Å². The number of pyridine rings is 1. The molecule has 0 saturated carbocycles. The summed E-state index contributed by atoms with van der Waals surface area (Å²) in [6, 6.07) is 10.5. The molecule has 0 spiro atoms. The summed E-state index contributed by atoms with van der Waals surface area (Å²) in [6.07, 6.45) is 2.42. The molecule has 2 heterocycles. The summed E-state index contributed by atoms with van der Waals surface area (Å²) in [6.45, 7) is 0.788. The van der Waals surface area contributed by atoms with Crippen LogP contribution in [0.2, 0.25) is 0 Å². The van der Waals surface area contributed by atoms with Crippen LogP contribution in [0, 0.1) is 5.82 Å². The first-order valence-electron chi connectivity index (χ1n) is 10.7. The van der Waals surface area contributed by atoms with Crippen molar-refractivity contribution in [1.29, 1.82) is 0 Å². The number of phenolic OH excluding ortho intramolecular Hbond substituents is 1. The fraction of sp³-hybridized carbons (Fsp3) is 0.200. The number of hydrogen-bond acceptors (Lipinski definition) is 8. The number of methoxy groups -OCH3 is 1. The third kappa shape index (κ3) is 5.12. The number of ketones is 1. The minimum Gasteiger partial charge on any atom is -0.507 e. The number of nitrogens with one attached hydrogen (secondary N) is 2. The molecule has 1 saturated heterocycles. The summed E-state index contributed by atoms with van der Waals surface area (Å²) in [5.74, 6) is -3.39. The van der Waals surface area contributed by atoms with Crippen molar-refractivity contribution < 1.29 is 33.4 Å². The van der Waals surface area contributed by atoms with Crippen molar-refractivity contribution in [2.45, 2.75) is 12.1 Å². The number of nitrogens with zero attached hydrogens (tertiary/aromatic N) is 1. The Bertz CT molecular complexity index is 1250. The maximum absolute atomic E-state index is 14.5. The summed E-state index contributed by atoms with van der Waals surface area (Å²) in [7, 11) is 1.25. The Morgan fingerprint density at radius 1 is 1.00 bits per heavy atom. The molecule has 1 aliphatic heterocycles. The smallest absolute Gasteiger partial charge is 0.338 e. The second-order valence-corrected chi connectivity index (χ2v) is 7.80. The largest absolute Gasteiger partial charge is 0.507 e. The molecule has 10 heteroatoms.